The molecule has 2 heteroatoms. The molecule has 0 fully saturated rings. The van der Waals surface area contributed by atoms with Gasteiger partial charge in [0.2, 0.25) is 0 Å². The molecule has 1 rings (SSSR count). The fraction of sp³-hybridized carbons (Fsp3) is 0.600. The first kappa shape index (κ1) is 4.81. The third-order valence-corrected chi connectivity index (χ3v) is 1.30. The van der Waals surface area contributed by atoms with Crippen LogP contribution in [0.5, 0.6) is 0 Å². The lowest BCUT2D eigenvalue weighted by Gasteiger charge is -2.01. The molecule has 2 N–H and O–H groups in total. The molecule has 7 heavy (non-hydrogen) atoms. The van der Waals surface area contributed by atoms with E-state index in [2.05, 4.69) is 0 Å². The van der Waals surface area contributed by atoms with E-state index in [4.69, 9.17) is 10.2 Å². The number of aliphatic hydroxyl groups is 2. The molecular weight excluding hydrogens is 92.1 g/mol. The predicted octanol–water partition coefficient (Wildman–Crippen LogP) is -0.330. The minimum atomic E-state index is -0.903. The summed E-state index contributed by atoms with van der Waals surface area (Å²) in [5.74, 6) is 0. The van der Waals surface area contributed by atoms with Crippen molar-refractivity contribution < 1.29 is 10.2 Å². The van der Waals surface area contributed by atoms with E-state index in [0.29, 0.717) is 0 Å². The van der Waals surface area contributed by atoms with Gasteiger partial charge < -0.3 is 10.2 Å². The smallest absolute Gasteiger partial charge is 0.127 e. The molecule has 1 aliphatic carbocycles. The Labute approximate surface area is 42.1 Å². The highest BCUT2D eigenvalue weighted by molar-refractivity contribution is 5.39. The van der Waals surface area contributed by atoms with E-state index in [1.165, 1.54) is 0 Å². The Hall–Kier alpha value is -0.340. The highest BCUT2D eigenvalue weighted by Crippen LogP contribution is 2.32. The molecule has 0 aromatic carbocycles. The standard InChI is InChI=1S/C5H8O2/c1-4-2-5(4,7)3-6/h2,6-7H,3H2,1H3. The van der Waals surface area contributed by atoms with Gasteiger partial charge in [-0.3, -0.25) is 0 Å². The molecule has 1 aliphatic rings. The van der Waals surface area contributed by atoms with Gasteiger partial charge in [0.1, 0.15) is 5.60 Å². The van der Waals surface area contributed by atoms with Crippen LogP contribution in [0.1, 0.15) is 6.92 Å². The average Bonchev–Trinajstić information content (AvgIpc) is 2.18. The topological polar surface area (TPSA) is 40.5 Å². The molecule has 0 radical (unpaired) electrons. The first-order chi connectivity index (χ1) is 3.19. The van der Waals surface area contributed by atoms with E-state index in [0.717, 1.165) is 5.57 Å². The van der Waals surface area contributed by atoms with Crippen LogP contribution < -0.4 is 0 Å². The predicted molar refractivity (Wildman–Crippen MR) is 25.8 cm³/mol. The lowest BCUT2D eigenvalue weighted by molar-refractivity contribution is 0.0899. The van der Waals surface area contributed by atoms with Crippen LogP contribution in [-0.2, 0) is 0 Å². The summed E-state index contributed by atoms with van der Waals surface area (Å²) >= 11 is 0. The Morgan fingerprint density at radius 3 is 2.29 bits per heavy atom. The summed E-state index contributed by atoms with van der Waals surface area (Å²) in [6.45, 7) is 1.62. The van der Waals surface area contributed by atoms with Crippen molar-refractivity contribution in [3.8, 4) is 0 Å². The summed E-state index contributed by atoms with van der Waals surface area (Å²) in [4.78, 5) is 0. The maximum atomic E-state index is 8.86. The molecule has 1 unspecified atom stereocenters. The molecule has 0 heterocycles. The third kappa shape index (κ3) is 0.558. The average molecular weight is 100 g/mol. The minimum Gasteiger partial charge on any atom is -0.393 e. The van der Waals surface area contributed by atoms with Crippen molar-refractivity contribution in [3.63, 3.8) is 0 Å². The zero-order valence-corrected chi connectivity index (χ0v) is 4.18. The summed E-state index contributed by atoms with van der Waals surface area (Å²) in [7, 11) is 0. The van der Waals surface area contributed by atoms with Gasteiger partial charge in [-0.15, -0.1) is 0 Å². The molecule has 1 atom stereocenters. The van der Waals surface area contributed by atoms with Crippen molar-refractivity contribution in [1.82, 2.24) is 0 Å². The Morgan fingerprint density at radius 2 is 2.29 bits per heavy atom. The van der Waals surface area contributed by atoms with E-state index in [-0.39, 0.29) is 6.61 Å². The van der Waals surface area contributed by atoms with Crippen molar-refractivity contribution in [3.05, 3.63) is 11.6 Å². The normalized spacial score (nSPS) is 37.9. The van der Waals surface area contributed by atoms with Gasteiger partial charge in [0.25, 0.3) is 0 Å². The summed E-state index contributed by atoms with van der Waals surface area (Å²) in [5.41, 5.74) is -0.0324. The Balaban J connectivity index is 2.43. The summed E-state index contributed by atoms with van der Waals surface area (Å²) in [5, 5.41) is 17.2. The maximum absolute atomic E-state index is 8.86. The van der Waals surface area contributed by atoms with E-state index in [1.54, 1.807) is 13.0 Å². The Morgan fingerprint density at radius 1 is 1.86 bits per heavy atom. The highest BCUT2D eigenvalue weighted by atomic mass is 16.3. The van der Waals surface area contributed by atoms with Gasteiger partial charge in [-0.1, -0.05) is 0 Å². The van der Waals surface area contributed by atoms with Crippen molar-refractivity contribution in [2.75, 3.05) is 6.61 Å². The molecule has 0 saturated heterocycles. The van der Waals surface area contributed by atoms with Gasteiger partial charge in [0, 0.05) is 0 Å². The van der Waals surface area contributed by atoms with Crippen molar-refractivity contribution in [2.45, 2.75) is 12.5 Å². The first-order valence-corrected chi connectivity index (χ1v) is 2.22. The Kier molecular flexibility index (Phi) is 0.743. The lowest BCUT2D eigenvalue weighted by Crippen LogP contribution is -2.16. The zero-order valence-electron chi connectivity index (χ0n) is 4.18. The van der Waals surface area contributed by atoms with Crippen LogP contribution in [0.25, 0.3) is 0 Å². The molecule has 0 bridgehead atoms. The van der Waals surface area contributed by atoms with Crippen LogP contribution in [0.15, 0.2) is 11.6 Å². The summed E-state index contributed by atoms with van der Waals surface area (Å²) in [6.07, 6.45) is 1.63. The van der Waals surface area contributed by atoms with Crippen LogP contribution in [0.3, 0.4) is 0 Å². The summed E-state index contributed by atoms with van der Waals surface area (Å²) in [6, 6.07) is 0. The molecule has 0 aromatic heterocycles. The van der Waals surface area contributed by atoms with Crippen molar-refractivity contribution >= 4 is 0 Å². The molecule has 0 aliphatic heterocycles. The SMILES string of the molecule is CC1=CC1(O)CO. The second-order valence-corrected chi connectivity index (χ2v) is 1.91. The van der Waals surface area contributed by atoms with Crippen molar-refractivity contribution in [1.29, 1.82) is 0 Å². The summed E-state index contributed by atoms with van der Waals surface area (Å²) < 4.78 is 0. The van der Waals surface area contributed by atoms with Crippen LogP contribution in [0, 0.1) is 0 Å². The number of rotatable bonds is 1. The molecular formula is C5H8O2. The number of hydrogen-bond donors (Lipinski definition) is 2. The molecule has 0 amide bonds. The lowest BCUT2D eigenvalue weighted by atomic mass is 10.2. The van der Waals surface area contributed by atoms with Gasteiger partial charge in [0.05, 0.1) is 6.61 Å². The van der Waals surface area contributed by atoms with Crippen molar-refractivity contribution in [2.24, 2.45) is 0 Å². The quantitative estimate of drug-likeness (QED) is 0.443. The van der Waals surface area contributed by atoms with E-state index in [9.17, 15) is 0 Å². The minimum absolute atomic E-state index is 0.168. The molecule has 0 saturated carbocycles. The first-order valence-electron chi connectivity index (χ1n) is 2.22. The Bertz CT molecular complexity index is 117. The zero-order chi connectivity index (χ0) is 5.49. The highest BCUT2D eigenvalue weighted by Gasteiger charge is 2.37. The van der Waals surface area contributed by atoms with E-state index in [1.807, 2.05) is 0 Å². The molecule has 0 aromatic rings. The fourth-order valence-electron chi connectivity index (χ4n) is 0.492. The van der Waals surface area contributed by atoms with Gasteiger partial charge in [-0.05, 0) is 18.6 Å². The molecule has 40 valence electrons. The van der Waals surface area contributed by atoms with E-state index >= 15 is 0 Å². The third-order valence-electron chi connectivity index (χ3n) is 1.30. The maximum Gasteiger partial charge on any atom is 0.127 e. The van der Waals surface area contributed by atoms with Crippen LogP contribution >= 0.6 is 0 Å². The van der Waals surface area contributed by atoms with Gasteiger partial charge >= 0.3 is 0 Å². The van der Waals surface area contributed by atoms with Gasteiger partial charge in [0.15, 0.2) is 0 Å². The largest absolute Gasteiger partial charge is 0.393 e. The molecule has 2 nitrogen and oxygen atoms in total. The number of hydrogen-bond acceptors (Lipinski definition) is 2. The van der Waals surface area contributed by atoms with Gasteiger partial charge in [-0.25, -0.2) is 0 Å². The van der Waals surface area contributed by atoms with Crippen LogP contribution in [0.4, 0.5) is 0 Å². The van der Waals surface area contributed by atoms with Gasteiger partial charge in [-0.2, -0.15) is 0 Å². The van der Waals surface area contributed by atoms with E-state index < -0.39 is 5.60 Å². The van der Waals surface area contributed by atoms with Crippen LogP contribution in [-0.4, -0.2) is 22.4 Å². The fourth-order valence-corrected chi connectivity index (χ4v) is 0.492. The second kappa shape index (κ2) is 1.08. The van der Waals surface area contributed by atoms with Crippen LogP contribution in [0.2, 0.25) is 0 Å². The monoisotopic (exact) mass is 100 g/mol. The molecule has 0 spiro atoms. The second-order valence-electron chi connectivity index (χ2n) is 1.91. The number of aliphatic hydroxyl groups excluding tert-OH is 1.